The lowest BCUT2D eigenvalue weighted by atomic mass is 9.82. The van der Waals surface area contributed by atoms with E-state index in [1.807, 2.05) is 5.20 Å². The highest BCUT2D eigenvalue weighted by Crippen LogP contribution is 2.56. The van der Waals surface area contributed by atoms with Crippen LogP contribution >= 0.6 is 0 Å². The van der Waals surface area contributed by atoms with Gasteiger partial charge in [-0.3, -0.25) is 0 Å². The van der Waals surface area contributed by atoms with Crippen LogP contribution in [0.25, 0.3) is 0 Å². The van der Waals surface area contributed by atoms with Gasteiger partial charge in [0.1, 0.15) is 0 Å². The Labute approximate surface area is 132 Å². The van der Waals surface area contributed by atoms with E-state index in [1.165, 1.54) is 38.5 Å². The third kappa shape index (κ3) is 2.31. The van der Waals surface area contributed by atoms with Crippen molar-refractivity contribution in [2.24, 2.45) is 17.8 Å². The second kappa shape index (κ2) is 5.40. The Morgan fingerprint density at radius 3 is 2.57 bits per heavy atom. The van der Waals surface area contributed by atoms with Crippen LogP contribution in [0.5, 0.6) is 0 Å². The molecule has 1 heteroatoms. The van der Waals surface area contributed by atoms with Gasteiger partial charge in [0, 0.05) is 0 Å². The van der Waals surface area contributed by atoms with Crippen LogP contribution in [-0.4, -0.2) is 8.07 Å². The van der Waals surface area contributed by atoms with Crippen molar-refractivity contribution in [3.8, 4) is 0 Å². The van der Waals surface area contributed by atoms with Crippen molar-refractivity contribution in [2.75, 3.05) is 0 Å². The zero-order valence-electron chi connectivity index (χ0n) is 14.0. The molecular formula is C20H32Si. The molecule has 116 valence electrons. The second-order valence-corrected chi connectivity index (χ2v) is 13.5. The predicted molar refractivity (Wildman–Crippen MR) is 94.0 cm³/mol. The Hall–Kier alpha value is -0.303. The number of hydrogen-bond donors (Lipinski definition) is 0. The van der Waals surface area contributed by atoms with Crippen LogP contribution in [0.1, 0.15) is 64.2 Å². The maximum atomic E-state index is 2.73. The Balaban J connectivity index is 1.56. The summed E-state index contributed by atoms with van der Waals surface area (Å²) in [4.78, 5) is 0. The standard InChI is InChI=1S/C20H32Si/c1-21(2,19-13-11-15-7-3-5-9-17(15)19)20-14-12-16-8-4-6-10-18(16)20/h11,13,16-18,20H,3-10,12,14H2,1-2H3. The molecule has 0 amide bonds. The summed E-state index contributed by atoms with van der Waals surface area (Å²) >= 11 is 0. The molecule has 0 N–H and O–H groups in total. The molecule has 0 aromatic carbocycles. The van der Waals surface area contributed by atoms with Gasteiger partial charge in [-0.1, -0.05) is 81.0 Å². The fraction of sp³-hybridized carbons (Fsp3) is 0.800. The lowest BCUT2D eigenvalue weighted by Gasteiger charge is -2.41. The van der Waals surface area contributed by atoms with Crippen LogP contribution in [0.15, 0.2) is 22.9 Å². The Bertz CT molecular complexity index is 470. The molecule has 0 aromatic heterocycles. The predicted octanol–water partition coefficient (Wildman–Crippen LogP) is 6.26. The van der Waals surface area contributed by atoms with Crippen LogP contribution in [0, 0.1) is 17.8 Å². The van der Waals surface area contributed by atoms with E-state index in [4.69, 9.17) is 0 Å². The molecule has 3 fully saturated rings. The number of fused-ring (bicyclic) bond motifs is 2. The summed E-state index contributed by atoms with van der Waals surface area (Å²) in [6.07, 6.45) is 20.2. The van der Waals surface area contributed by atoms with Crippen molar-refractivity contribution in [3.63, 3.8) is 0 Å². The van der Waals surface area contributed by atoms with Crippen molar-refractivity contribution in [1.29, 1.82) is 0 Å². The topological polar surface area (TPSA) is 0 Å². The zero-order valence-corrected chi connectivity index (χ0v) is 15.0. The fourth-order valence-electron chi connectivity index (χ4n) is 6.41. The molecule has 3 saturated carbocycles. The van der Waals surface area contributed by atoms with Crippen molar-refractivity contribution in [2.45, 2.75) is 82.8 Å². The summed E-state index contributed by atoms with van der Waals surface area (Å²) in [7, 11) is -1.24. The van der Waals surface area contributed by atoms with Gasteiger partial charge in [0.05, 0.1) is 8.07 Å². The Kier molecular flexibility index (Phi) is 3.68. The first-order valence-corrected chi connectivity index (χ1v) is 12.7. The maximum absolute atomic E-state index is 2.73. The van der Waals surface area contributed by atoms with Gasteiger partial charge in [-0.15, -0.1) is 0 Å². The van der Waals surface area contributed by atoms with Gasteiger partial charge in [0.2, 0.25) is 0 Å². The van der Waals surface area contributed by atoms with Gasteiger partial charge in [-0.05, 0) is 42.6 Å². The smallest absolute Gasteiger partial charge is 0.0735 e. The second-order valence-electron chi connectivity index (χ2n) is 8.78. The molecule has 4 rings (SSSR count). The number of hydrogen-bond acceptors (Lipinski definition) is 0. The summed E-state index contributed by atoms with van der Waals surface area (Å²) in [6.45, 7) is 5.46. The lowest BCUT2D eigenvalue weighted by Crippen LogP contribution is -2.41. The molecule has 0 nitrogen and oxygen atoms in total. The van der Waals surface area contributed by atoms with Crippen LogP contribution in [0.2, 0.25) is 18.6 Å². The van der Waals surface area contributed by atoms with Crippen molar-refractivity contribution >= 4 is 8.07 Å². The fourth-order valence-corrected chi connectivity index (χ4v) is 11.0. The first-order valence-electron chi connectivity index (χ1n) is 9.59. The van der Waals surface area contributed by atoms with E-state index in [0.717, 1.165) is 23.3 Å². The molecule has 4 unspecified atom stereocenters. The van der Waals surface area contributed by atoms with Gasteiger partial charge in [-0.2, -0.15) is 0 Å². The first kappa shape index (κ1) is 14.3. The minimum absolute atomic E-state index is 0.892. The van der Waals surface area contributed by atoms with Crippen molar-refractivity contribution in [3.05, 3.63) is 22.9 Å². The molecule has 4 aliphatic rings. The van der Waals surface area contributed by atoms with E-state index in [2.05, 4.69) is 25.2 Å². The van der Waals surface area contributed by atoms with E-state index >= 15 is 0 Å². The van der Waals surface area contributed by atoms with Gasteiger partial charge >= 0.3 is 0 Å². The molecule has 0 bridgehead atoms. The molecule has 4 aliphatic carbocycles. The minimum atomic E-state index is -1.24. The van der Waals surface area contributed by atoms with E-state index in [-0.39, 0.29) is 0 Å². The highest BCUT2D eigenvalue weighted by atomic mass is 28.3. The van der Waals surface area contributed by atoms with Crippen LogP contribution in [-0.2, 0) is 0 Å². The molecule has 0 saturated heterocycles. The molecule has 0 heterocycles. The van der Waals surface area contributed by atoms with Crippen LogP contribution in [0.3, 0.4) is 0 Å². The third-order valence-electron chi connectivity index (χ3n) is 7.51. The van der Waals surface area contributed by atoms with Crippen molar-refractivity contribution in [1.82, 2.24) is 0 Å². The zero-order chi connectivity index (χ0) is 14.4. The van der Waals surface area contributed by atoms with E-state index < -0.39 is 8.07 Å². The average Bonchev–Trinajstić information content (AvgIpc) is 3.12. The minimum Gasteiger partial charge on any atom is -0.0735 e. The van der Waals surface area contributed by atoms with Crippen LogP contribution < -0.4 is 0 Å². The number of allylic oxidation sites excluding steroid dienone is 4. The van der Waals surface area contributed by atoms with E-state index in [0.29, 0.717) is 0 Å². The summed E-state index contributed by atoms with van der Waals surface area (Å²) in [5, 5.41) is 1.95. The largest absolute Gasteiger partial charge is 0.0796 e. The normalized spacial score (nSPS) is 39.5. The molecule has 0 spiro atoms. The summed E-state index contributed by atoms with van der Waals surface area (Å²) in [6, 6.07) is 0. The molecule has 0 aromatic rings. The highest BCUT2D eigenvalue weighted by molar-refractivity contribution is 6.86. The van der Waals surface area contributed by atoms with Crippen LogP contribution in [0.4, 0.5) is 0 Å². The monoisotopic (exact) mass is 300 g/mol. The maximum Gasteiger partial charge on any atom is 0.0796 e. The SMILES string of the molecule is C[Si](C)(C1=CC=C2CCCCC21)C1CCC2CCCCC21. The Morgan fingerprint density at radius 1 is 0.857 bits per heavy atom. The van der Waals surface area contributed by atoms with Gasteiger partial charge in [0.15, 0.2) is 0 Å². The molecule has 0 aliphatic heterocycles. The lowest BCUT2D eigenvalue weighted by molar-refractivity contribution is 0.275. The molecule has 4 atom stereocenters. The first-order chi connectivity index (χ1) is 10.2. The molecular weight excluding hydrogens is 268 g/mol. The summed E-state index contributed by atoms with van der Waals surface area (Å²) in [5.41, 5.74) is 2.90. The van der Waals surface area contributed by atoms with Gasteiger partial charge in [-0.25, -0.2) is 0 Å². The number of rotatable bonds is 2. The molecule has 0 radical (unpaired) electrons. The average molecular weight is 301 g/mol. The van der Waals surface area contributed by atoms with Gasteiger partial charge < -0.3 is 0 Å². The quantitative estimate of drug-likeness (QED) is 0.528. The van der Waals surface area contributed by atoms with Gasteiger partial charge in [0.25, 0.3) is 0 Å². The highest BCUT2D eigenvalue weighted by Gasteiger charge is 2.49. The summed E-state index contributed by atoms with van der Waals surface area (Å²) < 4.78 is 0. The third-order valence-corrected chi connectivity index (χ3v) is 12.1. The molecule has 21 heavy (non-hydrogen) atoms. The Morgan fingerprint density at radius 2 is 1.67 bits per heavy atom. The van der Waals surface area contributed by atoms with E-state index in [9.17, 15) is 0 Å². The van der Waals surface area contributed by atoms with Crippen molar-refractivity contribution < 1.29 is 0 Å². The van der Waals surface area contributed by atoms with E-state index in [1.54, 1.807) is 31.3 Å². The summed E-state index contributed by atoms with van der Waals surface area (Å²) in [5.74, 6) is 3.10.